The lowest BCUT2D eigenvalue weighted by atomic mass is 10.2. The van der Waals surface area contributed by atoms with E-state index in [1.807, 2.05) is 25.1 Å². The summed E-state index contributed by atoms with van der Waals surface area (Å²) >= 11 is 0. The van der Waals surface area contributed by atoms with Gasteiger partial charge in [0.2, 0.25) is 0 Å². The van der Waals surface area contributed by atoms with Crippen LogP contribution in [-0.4, -0.2) is 40.2 Å². The van der Waals surface area contributed by atoms with Gasteiger partial charge in [0, 0.05) is 12.1 Å². The van der Waals surface area contributed by atoms with Crippen LogP contribution in [0.2, 0.25) is 0 Å². The monoisotopic (exact) mass is 456 g/mol. The summed E-state index contributed by atoms with van der Waals surface area (Å²) in [6, 6.07) is 10.8. The molecule has 0 aliphatic heterocycles. The molecule has 2 rings (SSSR count). The second-order valence-corrected chi connectivity index (χ2v) is 7.12. The minimum Gasteiger partial charge on any atom is -0.501 e. The number of ether oxygens (including phenoxy) is 6. The van der Waals surface area contributed by atoms with Crippen molar-refractivity contribution in [2.24, 2.45) is 0 Å². The number of allylic oxidation sites excluding steroid dienone is 2. The third-order valence-corrected chi connectivity index (χ3v) is 4.66. The largest absolute Gasteiger partial charge is 0.501 e. The van der Waals surface area contributed by atoms with E-state index < -0.39 is 0 Å². The number of benzene rings is 2. The van der Waals surface area contributed by atoms with Gasteiger partial charge in [-0.3, -0.25) is 0 Å². The van der Waals surface area contributed by atoms with Crippen LogP contribution in [0.4, 0.5) is 0 Å². The summed E-state index contributed by atoms with van der Waals surface area (Å²) in [6.07, 6.45) is 3.61. The zero-order chi connectivity index (χ0) is 24.2. The molecule has 0 fully saturated rings. The summed E-state index contributed by atoms with van der Waals surface area (Å²) in [5.41, 5.74) is 2.36. The van der Waals surface area contributed by atoms with E-state index in [1.165, 1.54) is 0 Å². The fourth-order valence-electron chi connectivity index (χ4n) is 2.88. The maximum Gasteiger partial charge on any atom is 0.123 e. The first-order valence-electron chi connectivity index (χ1n) is 10.3. The number of hydrogen-bond acceptors (Lipinski definition) is 7. The topological polar surface area (TPSA) is 75.6 Å². The van der Waals surface area contributed by atoms with Gasteiger partial charge in [-0.25, -0.2) is 0 Å². The van der Waals surface area contributed by atoms with Gasteiger partial charge in [0.25, 0.3) is 0 Å². The predicted octanol–water partition coefficient (Wildman–Crippen LogP) is 4.79. The van der Waals surface area contributed by atoms with E-state index in [1.54, 1.807) is 58.8 Å². The van der Waals surface area contributed by atoms with Crippen LogP contribution in [0, 0.1) is 0 Å². The molecule has 0 aliphatic rings. The second-order valence-electron chi connectivity index (χ2n) is 7.12. The average molecular weight is 457 g/mol. The van der Waals surface area contributed by atoms with Gasteiger partial charge in [-0.15, -0.1) is 0 Å². The van der Waals surface area contributed by atoms with Crippen molar-refractivity contribution < 1.29 is 33.5 Å². The summed E-state index contributed by atoms with van der Waals surface area (Å²) < 4.78 is 32.9. The molecular formula is C26H32O7. The SMILES string of the molecule is C=C(/C=C(\C=C(/C)OC)COc1cc(CO)cc(OCc2cc(OC)cc(OC)c2)c1)OC. The molecule has 2 aromatic carbocycles. The van der Waals surface area contributed by atoms with E-state index in [0.717, 1.165) is 16.9 Å². The fraction of sp³-hybridized carbons (Fsp3) is 0.308. The lowest BCUT2D eigenvalue weighted by Crippen LogP contribution is -2.03. The number of aliphatic hydroxyl groups is 1. The van der Waals surface area contributed by atoms with E-state index >= 15 is 0 Å². The first-order valence-corrected chi connectivity index (χ1v) is 10.3. The van der Waals surface area contributed by atoms with E-state index in [2.05, 4.69) is 6.58 Å². The van der Waals surface area contributed by atoms with Crippen molar-refractivity contribution in [3.05, 3.63) is 83.3 Å². The van der Waals surface area contributed by atoms with Crippen molar-refractivity contribution in [1.82, 2.24) is 0 Å². The Bertz CT molecular complexity index is 970. The number of aliphatic hydroxyl groups excluding tert-OH is 1. The number of methoxy groups -OCH3 is 4. The minimum atomic E-state index is -0.146. The summed E-state index contributed by atoms with van der Waals surface area (Å²) in [5.74, 6) is 3.69. The van der Waals surface area contributed by atoms with Crippen LogP contribution in [0.25, 0.3) is 0 Å². The lowest BCUT2D eigenvalue weighted by Gasteiger charge is -2.14. The third kappa shape index (κ3) is 8.46. The lowest BCUT2D eigenvalue weighted by molar-refractivity contribution is 0.274. The Morgan fingerprint density at radius 3 is 1.91 bits per heavy atom. The summed E-state index contributed by atoms with van der Waals surface area (Å²) in [5, 5.41) is 9.68. The normalized spacial score (nSPS) is 11.6. The Hall–Kier alpha value is -3.58. The molecule has 0 spiro atoms. The highest BCUT2D eigenvalue weighted by Crippen LogP contribution is 2.27. The fourth-order valence-corrected chi connectivity index (χ4v) is 2.88. The summed E-state index contributed by atoms with van der Waals surface area (Å²) in [4.78, 5) is 0. The highest BCUT2D eigenvalue weighted by Gasteiger charge is 2.07. The average Bonchev–Trinajstić information content (AvgIpc) is 2.85. The van der Waals surface area contributed by atoms with E-state index in [4.69, 9.17) is 28.4 Å². The van der Waals surface area contributed by atoms with Gasteiger partial charge in [0.05, 0.1) is 40.8 Å². The highest BCUT2D eigenvalue weighted by molar-refractivity contribution is 5.41. The Balaban J connectivity index is 2.18. The molecule has 0 atom stereocenters. The van der Waals surface area contributed by atoms with Crippen molar-refractivity contribution in [3.8, 4) is 23.0 Å². The van der Waals surface area contributed by atoms with E-state index in [-0.39, 0.29) is 19.8 Å². The Morgan fingerprint density at radius 1 is 0.788 bits per heavy atom. The van der Waals surface area contributed by atoms with Crippen molar-refractivity contribution in [2.75, 3.05) is 35.0 Å². The molecular weight excluding hydrogens is 424 g/mol. The van der Waals surface area contributed by atoms with Crippen molar-refractivity contribution >= 4 is 0 Å². The smallest absolute Gasteiger partial charge is 0.123 e. The zero-order valence-electron chi connectivity index (χ0n) is 19.8. The van der Waals surface area contributed by atoms with Crippen LogP contribution < -0.4 is 18.9 Å². The molecule has 1 N–H and O–H groups in total. The molecule has 33 heavy (non-hydrogen) atoms. The molecule has 0 unspecified atom stereocenters. The van der Waals surface area contributed by atoms with Gasteiger partial charge in [0.1, 0.15) is 42.0 Å². The van der Waals surface area contributed by atoms with Gasteiger partial charge in [-0.2, -0.15) is 0 Å². The Labute approximate surface area is 195 Å². The van der Waals surface area contributed by atoms with Crippen molar-refractivity contribution in [1.29, 1.82) is 0 Å². The molecule has 7 heteroatoms. The van der Waals surface area contributed by atoms with Crippen LogP contribution in [0.3, 0.4) is 0 Å². The van der Waals surface area contributed by atoms with Crippen molar-refractivity contribution in [2.45, 2.75) is 20.1 Å². The molecule has 0 saturated carbocycles. The molecule has 0 heterocycles. The molecule has 0 saturated heterocycles. The minimum absolute atomic E-state index is 0.146. The predicted molar refractivity (Wildman–Crippen MR) is 127 cm³/mol. The Kier molecular flexibility index (Phi) is 10.2. The van der Waals surface area contributed by atoms with E-state index in [9.17, 15) is 5.11 Å². The molecule has 0 aliphatic carbocycles. The highest BCUT2D eigenvalue weighted by atomic mass is 16.5. The maximum absolute atomic E-state index is 9.68. The number of rotatable bonds is 13. The molecule has 2 aromatic rings. The molecule has 0 aromatic heterocycles. The Morgan fingerprint density at radius 2 is 1.36 bits per heavy atom. The van der Waals surface area contributed by atoms with Crippen LogP contribution in [0.5, 0.6) is 23.0 Å². The molecule has 178 valence electrons. The van der Waals surface area contributed by atoms with Crippen LogP contribution >= 0.6 is 0 Å². The summed E-state index contributed by atoms with van der Waals surface area (Å²) in [6.45, 7) is 6.05. The van der Waals surface area contributed by atoms with Crippen LogP contribution in [-0.2, 0) is 22.7 Å². The first-order chi connectivity index (χ1) is 15.9. The summed E-state index contributed by atoms with van der Waals surface area (Å²) in [7, 11) is 6.35. The third-order valence-electron chi connectivity index (χ3n) is 4.66. The quantitative estimate of drug-likeness (QED) is 0.343. The van der Waals surface area contributed by atoms with Gasteiger partial charge in [0.15, 0.2) is 0 Å². The van der Waals surface area contributed by atoms with Gasteiger partial charge in [-0.05, 0) is 60.0 Å². The zero-order valence-corrected chi connectivity index (χ0v) is 19.8. The second kappa shape index (κ2) is 13.1. The molecule has 0 amide bonds. The number of hydrogen-bond donors (Lipinski definition) is 1. The standard InChI is InChI=1S/C26H32O7/c1-18(28-3)7-21(8-19(2)29-4)16-32-25-9-20(15-27)10-26(14-25)33-17-22-11-23(30-5)13-24(12-22)31-6/h7-14,27H,1,15-17H2,2-6H3/b19-8+,21-7+. The van der Waals surface area contributed by atoms with Crippen LogP contribution in [0.1, 0.15) is 18.1 Å². The van der Waals surface area contributed by atoms with Gasteiger partial charge < -0.3 is 33.5 Å². The first kappa shape index (κ1) is 25.7. The maximum atomic E-state index is 9.68. The van der Waals surface area contributed by atoms with Gasteiger partial charge in [-0.1, -0.05) is 6.58 Å². The van der Waals surface area contributed by atoms with Gasteiger partial charge >= 0.3 is 0 Å². The molecule has 0 bridgehead atoms. The van der Waals surface area contributed by atoms with Crippen LogP contribution in [0.15, 0.2) is 72.2 Å². The molecule has 0 radical (unpaired) electrons. The van der Waals surface area contributed by atoms with Crippen molar-refractivity contribution in [3.63, 3.8) is 0 Å². The van der Waals surface area contributed by atoms with E-state index in [0.29, 0.717) is 34.3 Å². The molecule has 7 nitrogen and oxygen atoms in total.